The molecule has 1 unspecified atom stereocenters. The van der Waals surface area contributed by atoms with Crippen molar-refractivity contribution >= 4 is 11.9 Å². The monoisotopic (exact) mass is 397 g/mol. The summed E-state index contributed by atoms with van der Waals surface area (Å²) in [6, 6.07) is 3.96. The lowest BCUT2D eigenvalue weighted by molar-refractivity contribution is -0.138. The fourth-order valence-electron chi connectivity index (χ4n) is 4.53. The number of aromatic amines is 1. The number of piperidine rings is 1. The van der Waals surface area contributed by atoms with Gasteiger partial charge < -0.3 is 10.0 Å². The Labute approximate surface area is 169 Å². The van der Waals surface area contributed by atoms with E-state index >= 15 is 0 Å². The Morgan fingerprint density at radius 2 is 2.00 bits per heavy atom. The fourth-order valence-corrected chi connectivity index (χ4v) is 4.53. The lowest BCUT2D eigenvalue weighted by atomic mass is 9.93. The number of pyridine rings is 1. The van der Waals surface area contributed by atoms with E-state index in [1.54, 1.807) is 12.4 Å². The number of rotatable bonds is 6. The number of carboxylic acid groups (broad SMARTS) is 1. The Bertz CT molecular complexity index is 846. The predicted octanol–water partition coefficient (Wildman–Crippen LogP) is 1.77. The SMILES string of the molecule is O=C(O)CN1CCC(Cc2cncc(C(=O)N3CCC(c4ccn[nH]4)CC3)c2)C1. The topological polar surface area (TPSA) is 102 Å². The number of carboxylic acids is 1. The molecule has 2 N–H and O–H groups in total. The molecule has 2 aromatic rings. The van der Waals surface area contributed by atoms with Crippen molar-refractivity contribution in [3.05, 3.63) is 47.5 Å². The Kier molecular flexibility index (Phi) is 5.89. The van der Waals surface area contributed by atoms with Crippen LogP contribution < -0.4 is 0 Å². The highest BCUT2D eigenvalue weighted by atomic mass is 16.4. The first-order valence-corrected chi connectivity index (χ1v) is 10.2. The van der Waals surface area contributed by atoms with Crippen molar-refractivity contribution in [1.29, 1.82) is 0 Å². The lowest BCUT2D eigenvalue weighted by Crippen LogP contribution is -2.38. The summed E-state index contributed by atoms with van der Waals surface area (Å²) in [5.74, 6) is 0.103. The number of H-pyrrole nitrogens is 1. The Balaban J connectivity index is 1.33. The highest BCUT2D eigenvalue weighted by molar-refractivity contribution is 5.94. The number of carbonyl (C=O) groups excluding carboxylic acids is 1. The smallest absolute Gasteiger partial charge is 0.317 e. The summed E-state index contributed by atoms with van der Waals surface area (Å²) in [4.78, 5) is 32.0. The third kappa shape index (κ3) is 4.82. The number of aromatic nitrogens is 3. The second-order valence-electron chi connectivity index (χ2n) is 8.15. The van der Waals surface area contributed by atoms with Crippen LogP contribution in [-0.2, 0) is 11.2 Å². The third-order valence-corrected chi connectivity index (χ3v) is 6.04. The van der Waals surface area contributed by atoms with E-state index in [0.717, 1.165) is 63.1 Å². The molecule has 0 saturated carbocycles. The van der Waals surface area contributed by atoms with Crippen molar-refractivity contribution in [3.8, 4) is 0 Å². The highest BCUT2D eigenvalue weighted by Crippen LogP contribution is 2.27. The highest BCUT2D eigenvalue weighted by Gasteiger charge is 2.27. The van der Waals surface area contributed by atoms with Crippen molar-refractivity contribution < 1.29 is 14.7 Å². The van der Waals surface area contributed by atoms with Gasteiger partial charge in [0.2, 0.25) is 0 Å². The molecule has 2 aliphatic rings. The summed E-state index contributed by atoms with van der Waals surface area (Å²) in [6.45, 7) is 3.17. The molecular formula is C21H27N5O3. The van der Waals surface area contributed by atoms with E-state index in [2.05, 4.69) is 15.2 Å². The predicted molar refractivity (Wildman–Crippen MR) is 107 cm³/mol. The standard InChI is InChI=1S/C21H27N5O3/c27-20(28)14-25-6-2-15(13-25)9-16-10-18(12-22-11-16)21(29)26-7-3-17(4-8-26)19-1-5-23-24-19/h1,5,10-12,15,17H,2-4,6-9,13-14H2,(H,23,24)(H,27,28). The second kappa shape index (κ2) is 8.73. The van der Waals surface area contributed by atoms with Gasteiger partial charge in [-0.25, -0.2) is 0 Å². The largest absolute Gasteiger partial charge is 0.480 e. The zero-order valence-corrected chi connectivity index (χ0v) is 16.5. The minimum Gasteiger partial charge on any atom is -0.480 e. The number of nitrogens with zero attached hydrogens (tertiary/aromatic N) is 4. The number of carbonyl (C=O) groups is 2. The summed E-state index contributed by atoms with van der Waals surface area (Å²) < 4.78 is 0. The molecule has 4 heterocycles. The van der Waals surface area contributed by atoms with Crippen LogP contribution in [0.15, 0.2) is 30.7 Å². The summed E-state index contributed by atoms with van der Waals surface area (Å²) in [5.41, 5.74) is 2.84. The number of hydrogen-bond acceptors (Lipinski definition) is 5. The second-order valence-corrected chi connectivity index (χ2v) is 8.15. The van der Waals surface area contributed by atoms with Crippen LogP contribution in [0.1, 0.15) is 46.8 Å². The van der Waals surface area contributed by atoms with Crippen LogP contribution in [0.5, 0.6) is 0 Å². The van der Waals surface area contributed by atoms with Crippen LogP contribution in [-0.4, -0.2) is 74.7 Å². The van der Waals surface area contributed by atoms with Gasteiger partial charge in [0.1, 0.15) is 0 Å². The molecule has 154 valence electrons. The summed E-state index contributed by atoms with van der Waals surface area (Å²) >= 11 is 0. The van der Waals surface area contributed by atoms with Crippen LogP contribution in [0.25, 0.3) is 0 Å². The number of likely N-dealkylation sites (tertiary alicyclic amines) is 2. The normalized spacial score (nSPS) is 20.8. The molecule has 2 aliphatic heterocycles. The van der Waals surface area contributed by atoms with Gasteiger partial charge in [0.05, 0.1) is 12.1 Å². The first-order valence-electron chi connectivity index (χ1n) is 10.2. The van der Waals surface area contributed by atoms with Gasteiger partial charge in [0, 0.05) is 49.8 Å². The summed E-state index contributed by atoms with van der Waals surface area (Å²) in [5, 5.41) is 16.0. The van der Waals surface area contributed by atoms with Crippen molar-refractivity contribution in [1.82, 2.24) is 25.0 Å². The molecule has 0 aliphatic carbocycles. The van der Waals surface area contributed by atoms with Gasteiger partial charge in [-0.1, -0.05) is 0 Å². The van der Waals surface area contributed by atoms with Crippen molar-refractivity contribution in [3.63, 3.8) is 0 Å². The van der Waals surface area contributed by atoms with Crippen LogP contribution in [0, 0.1) is 5.92 Å². The number of hydrogen-bond donors (Lipinski definition) is 2. The van der Waals surface area contributed by atoms with Crippen molar-refractivity contribution in [2.75, 3.05) is 32.7 Å². The van der Waals surface area contributed by atoms with Crippen molar-refractivity contribution in [2.45, 2.75) is 31.6 Å². The third-order valence-electron chi connectivity index (χ3n) is 6.04. The molecule has 8 nitrogen and oxygen atoms in total. The number of amides is 1. The number of nitrogens with one attached hydrogen (secondary N) is 1. The van der Waals surface area contributed by atoms with Gasteiger partial charge in [-0.15, -0.1) is 0 Å². The van der Waals surface area contributed by atoms with E-state index in [4.69, 9.17) is 5.11 Å². The molecule has 1 amide bonds. The van der Waals surface area contributed by atoms with Crippen molar-refractivity contribution in [2.24, 2.45) is 5.92 Å². The Morgan fingerprint density at radius 1 is 1.17 bits per heavy atom. The first-order chi connectivity index (χ1) is 14.1. The van der Waals surface area contributed by atoms with E-state index < -0.39 is 5.97 Å². The molecule has 0 aromatic carbocycles. The van der Waals surface area contributed by atoms with E-state index in [9.17, 15) is 9.59 Å². The van der Waals surface area contributed by atoms with E-state index in [0.29, 0.717) is 17.4 Å². The molecule has 2 aromatic heterocycles. The minimum absolute atomic E-state index is 0.0429. The Morgan fingerprint density at radius 3 is 2.72 bits per heavy atom. The van der Waals surface area contributed by atoms with E-state index in [1.165, 1.54) is 0 Å². The zero-order chi connectivity index (χ0) is 20.2. The molecule has 29 heavy (non-hydrogen) atoms. The molecule has 2 fully saturated rings. The van der Waals surface area contributed by atoms with Gasteiger partial charge in [-0.05, 0) is 55.8 Å². The Hall–Kier alpha value is -2.74. The molecule has 8 heteroatoms. The van der Waals surface area contributed by atoms with Gasteiger partial charge >= 0.3 is 5.97 Å². The first kappa shape index (κ1) is 19.6. The van der Waals surface area contributed by atoms with Gasteiger partial charge in [0.25, 0.3) is 5.91 Å². The van der Waals surface area contributed by atoms with E-state index in [1.807, 2.05) is 28.1 Å². The van der Waals surface area contributed by atoms with Crippen LogP contribution in [0.2, 0.25) is 0 Å². The number of aliphatic carboxylic acids is 1. The molecule has 1 atom stereocenters. The molecule has 0 spiro atoms. The summed E-state index contributed by atoms with van der Waals surface area (Å²) in [6.07, 6.45) is 8.92. The average molecular weight is 397 g/mol. The molecule has 2 saturated heterocycles. The van der Waals surface area contributed by atoms with Crippen LogP contribution in [0.4, 0.5) is 0 Å². The minimum atomic E-state index is -0.781. The maximum Gasteiger partial charge on any atom is 0.317 e. The molecule has 0 radical (unpaired) electrons. The fraction of sp³-hybridized carbons (Fsp3) is 0.524. The van der Waals surface area contributed by atoms with Gasteiger partial charge in [-0.2, -0.15) is 5.10 Å². The molecule has 0 bridgehead atoms. The van der Waals surface area contributed by atoms with E-state index in [-0.39, 0.29) is 12.5 Å². The maximum absolute atomic E-state index is 12.9. The van der Waals surface area contributed by atoms with Gasteiger partial charge in [0.15, 0.2) is 0 Å². The van der Waals surface area contributed by atoms with Crippen LogP contribution in [0.3, 0.4) is 0 Å². The lowest BCUT2D eigenvalue weighted by Gasteiger charge is -2.31. The zero-order valence-electron chi connectivity index (χ0n) is 16.5. The summed E-state index contributed by atoms with van der Waals surface area (Å²) in [7, 11) is 0. The molecule has 4 rings (SSSR count). The average Bonchev–Trinajstić information content (AvgIpc) is 3.40. The maximum atomic E-state index is 12.9. The quantitative estimate of drug-likeness (QED) is 0.770. The van der Waals surface area contributed by atoms with Gasteiger partial charge in [-0.3, -0.25) is 24.6 Å². The molecular weight excluding hydrogens is 370 g/mol. The van der Waals surface area contributed by atoms with Crippen LogP contribution >= 0.6 is 0 Å².